The molecule has 0 radical (unpaired) electrons. The molecule has 0 saturated heterocycles. The van der Waals surface area contributed by atoms with Crippen molar-refractivity contribution < 1.29 is 17.6 Å². The van der Waals surface area contributed by atoms with Gasteiger partial charge in [0.1, 0.15) is 11.3 Å². The number of halogens is 3. The number of aryl methyl sites for hydroxylation is 1. The van der Waals surface area contributed by atoms with E-state index in [9.17, 15) is 13.2 Å². The van der Waals surface area contributed by atoms with Gasteiger partial charge >= 0.3 is 6.18 Å². The first-order valence-corrected chi connectivity index (χ1v) is 4.73. The van der Waals surface area contributed by atoms with E-state index in [0.29, 0.717) is 11.1 Å². The largest absolute Gasteiger partial charge is 0.459 e. The molecule has 0 aliphatic rings. The summed E-state index contributed by atoms with van der Waals surface area (Å²) in [6.45, 7) is 1.96. The number of hydrogen-bond donors (Lipinski definition) is 1. The summed E-state index contributed by atoms with van der Waals surface area (Å²) in [6, 6.07) is 3.46. The van der Waals surface area contributed by atoms with E-state index < -0.39 is 11.7 Å². The van der Waals surface area contributed by atoms with E-state index in [-0.39, 0.29) is 12.1 Å². The fourth-order valence-electron chi connectivity index (χ4n) is 1.65. The van der Waals surface area contributed by atoms with Crippen LogP contribution in [0.3, 0.4) is 0 Å². The summed E-state index contributed by atoms with van der Waals surface area (Å²) in [6.07, 6.45) is -4.35. The molecule has 2 aromatic rings. The fraction of sp³-hybridized carbons (Fsp3) is 0.273. The van der Waals surface area contributed by atoms with Gasteiger partial charge in [0.05, 0.1) is 12.1 Å². The van der Waals surface area contributed by atoms with Crippen LogP contribution in [0, 0.1) is 6.92 Å². The van der Waals surface area contributed by atoms with Crippen molar-refractivity contribution >= 4 is 11.0 Å². The second-order valence-corrected chi connectivity index (χ2v) is 3.56. The molecule has 2 rings (SSSR count). The first-order valence-electron chi connectivity index (χ1n) is 4.73. The summed E-state index contributed by atoms with van der Waals surface area (Å²) in [7, 11) is 0. The van der Waals surface area contributed by atoms with Gasteiger partial charge in [0.2, 0.25) is 0 Å². The van der Waals surface area contributed by atoms with Gasteiger partial charge in [-0.1, -0.05) is 6.07 Å². The van der Waals surface area contributed by atoms with Crippen molar-refractivity contribution in [3.8, 4) is 0 Å². The van der Waals surface area contributed by atoms with Crippen LogP contribution in [0.5, 0.6) is 0 Å². The first kappa shape index (κ1) is 11.0. The standard InChI is InChI=1S/C11H10F3NO/c1-6-8-3-2-7(11(12,13)14)4-9(8)16-10(6)5-15/h2-4H,5,15H2,1H3. The maximum atomic E-state index is 12.4. The zero-order valence-electron chi connectivity index (χ0n) is 8.56. The van der Waals surface area contributed by atoms with Crippen LogP contribution in [0.15, 0.2) is 22.6 Å². The van der Waals surface area contributed by atoms with E-state index in [2.05, 4.69) is 0 Å². The zero-order valence-corrected chi connectivity index (χ0v) is 8.56. The number of furan rings is 1. The second kappa shape index (κ2) is 3.52. The molecule has 0 fully saturated rings. The second-order valence-electron chi connectivity index (χ2n) is 3.56. The molecule has 1 aromatic heterocycles. The smallest absolute Gasteiger partial charge is 0.416 e. The average molecular weight is 229 g/mol. The average Bonchev–Trinajstić information content (AvgIpc) is 2.54. The summed E-state index contributed by atoms with van der Waals surface area (Å²) in [4.78, 5) is 0. The van der Waals surface area contributed by atoms with Crippen LogP contribution >= 0.6 is 0 Å². The predicted molar refractivity (Wildman–Crippen MR) is 53.8 cm³/mol. The molecular weight excluding hydrogens is 219 g/mol. The molecular formula is C11H10F3NO. The Labute approximate surface area is 89.8 Å². The highest BCUT2D eigenvalue weighted by molar-refractivity contribution is 5.82. The highest BCUT2D eigenvalue weighted by Gasteiger charge is 2.31. The van der Waals surface area contributed by atoms with Crippen LogP contribution < -0.4 is 5.73 Å². The van der Waals surface area contributed by atoms with E-state index in [1.54, 1.807) is 6.92 Å². The molecule has 86 valence electrons. The summed E-state index contributed by atoms with van der Waals surface area (Å²) < 4.78 is 42.6. The van der Waals surface area contributed by atoms with Crippen molar-refractivity contribution in [2.24, 2.45) is 5.73 Å². The molecule has 0 aliphatic carbocycles. The lowest BCUT2D eigenvalue weighted by atomic mass is 10.1. The van der Waals surface area contributed by atoms with Gasteiger partial charge in [-0.05, 0) is 24.6 Å². The van der Waals surface area contributed by atoms with Crippen LogP contribution in [0.1, 0.15) is 16.9 Å². The molecule has 0 saturated carbocycles. The summed E-state index contributed by atoms with van der Waals surface area (Å²) >= 11 is 0. The Hall–Kier alpha value is -1.49. The molecule has 2 N–H and O–H groups in total. The van der Waals surface area contributed by atoms with Crippen molar-refractivity contribution in [2.45, 2.75) is 19.6 Å². The molecule has 0 atom stereocenters. The minimum absolute atomic E-state index is 0.182. The van der Waals surface area contributed by atoms with Gasteiger partial charge in [-0.3, -0.25) is 0 Å². The van der Waals surface area contributed by atoms with Crippen molar-refractivity contribution in [1.82, 2.24) is 0 Å². The molecule has 0 amide bonds. The molecule has 1 aromatic carbocycles. The number of hydrogen-bond acceptors (Lipinski definition) is 2. The number of alkyl halides is 3. The Morgan fingerprint density at radius 3 is 2.56 bits per heavy atom. The molecule has 0 aliphatic heterocycles. The Morgan fingerprint density at radius 2 is 2.00 bits per heavy atom. The summed E-state index contributed by atoms with van der Waals surface area (Å²) in [5.41, 5.74) is 5.74. The lowest BCUT2D eigenvalue weighted by Gasteiger charge is -2.05. The summed E-state index contributed by atoms with van der Waals surface area (Å²) in [5.74, 6) is 0.523. The topological polar surface area (TPSA) is 39.2 Å². The lowest BCUT2D eigenvalue weighted by molar-refractivity contribution is -0.137. The summed E-state index contributed by atoms with van der Waals surface area (Å²) in [5, 5.41) is 0.674. The SMILES string of the molecule is Cc1c(CN)oc2cc(C(F)(F)F)ccc12. The molecule has 2 nitrogen and oxygen atoms in total. The van der Waals surface area contributed by atoms with Crippen LogP contribution in [0.25, 0.3) is 11.0 Å². The zero-order chi connectivity index (χ0) is 11.9. The van der Waals surface area contributed by atoms with Gasteiger partial charge in [-0.15, -0.1) is 0 Å². The van der Waals surface area contributed by atoms with Crippen LogP contribution in [0.2, 0.25) is 0 Å². The molecule has 0 spiro atoms. The van der Waals surface area contributed by atoms with Crippen molar-refractivity contribution in [3.05, 3.63) is 35.1 Å². The van der Waals surface area contributed by atoms with Crippen LogP contribution in [0.4, 0.5) is 13.2 Å². The van der Waals surface area contributed by atoms with Gasteiger partial charge in [0.25, 0.3) is 0 Å². The van der Waals surface area contributed by atoms with Gasteiger partial charge in [-0.2, -0.15) is 13.2 Å². The molecule has 5 heteroatoms. The number of benzene rings is 1. The fourth-order valence-corrected chi connectivity index (χ4v) is 1.65. The monoisotopic (exact) mass is 229 g/mol. The third-order valence-electron chi connectivity index (χ3n) is 2.55. The maximum absolute atomic E-state index is 12.4. The van der Waals surface area contributed by atoms with Crippen molar-refractivity contribution in [2.75, 3.05) is 0 Å². The minimum Gasteiger partial charge on any atom is -0.459 e. The number of rotatable bonds is 1. The number of fused-ring (bicyclic) bond motifs is 1. The lowest BCUT2D eigenvalue weighted by Crippen LogP contribution is -2.03. The van der Waals surface area contributed by atoms with E-state index in [4.69, 9.17) is 10.2 Å². The minimum atomic E-state index is -4.35. The third kappa shape index (κ3) is 1.67. The maximum Gasteiger partial charge on any atom is 0.416 e. The Kier molecular flexibility index (Phi) is 2.42. The molecule has 1 heterocycles. The van der Waals surface area contributed by atoms with Crippen molar-refractivity contribution in [3.63, 3.8) is 0 Å². The van der Waals surface area contributed by atoms with E-state index in [1.165, 1.54) is 6.07 Å². The predicted octanol–water partition coefficient (Wildman–Crippen LogP) is 3.22. The van der Waals surface area contributed by atoms with E-state index in [0.717, 1.165) is 17.7 Å². The quantitative estimate of drug-likeness (QED) is 0.815. The Morgan fingerprint density at radius 1 is 1.31 bits per heavy atom. The number of nitrogens with two attached hydrogens (primary N) is 1. The highest BCUT2D eigenvalue weighted by atomic mass is 19.4. The van der Waals surface area contributed by atoms with Gasteiger partial charge in [-0.25, -0.2) is 0 Å². The molecule has 0 unspecified atom stereocenters. The van der Waals surface area contributed by atoms with Gasteiger partial charge in [0.15, 0.2) is 0 Å². The Balaban J connectivity index is 2.64. The highest BCUT2D eigenvalue weighted by Crippen LogP contribution is 2.33. The normalized spacial score (nSPS) is 12.3. The van der Waals surface area contributed by atoms with Gasteiger partial charge < -0.3 is 10.2 Å². The van der Waals surface area contributed by atoms with Gasteiger partial charge in [0, 0.05) is 5.39 Å². The third-order valence-corrected chi connectivity index (χ3v) is 2.55. The van der Waals surface area contributed by atoms with E-state index >= 15 is 0 Å². The van der Waals surface area contributed by atoms with Crippen LogP contribution in [-0.2, 0) is 12.7 Å². The Bertz CT molecular complexity index is 528. The van der Waals surface area contributed by atoms with Crippen LogP contribution in [-0.4, -0.2) is 0 Å². The molecule has 0 bridgehead atoms. The molecule has 16 heavy (non-hydrogen) atoms. The van der Waals surface area contributed by atoms with E-state index in [1.807, 2.05) is 0 Å². The first-order chi connectivity index (χ1) is 7.43. The van der Waals surface area contributed by atoms with Crippen molar-refractivity contribution in [1.29, 1.82) is 0 Å².